The van der Waals surface area contributed by atoms with Crippen LogP contribution in [0.4, 0.5) is 0 Å². The molecule has 0 unspecified atom stereocenters. The molecule has 0 saturated heterocycles. The molecular weight excluding hydrogens is 266 g/mol. The Kier molecular flexibility index (Phi) is 4.43. The highest BCUT2D eigenvalue weighted by Crippen LogP contribution is 2.27. The first-order valence-corrected chi connectivity index (χ1v) is 6.69. The number of benzene rings is 1. The number of thioether (sulfide) groups is 1. The molecule has 0 atom stereocenters. The van der Waals surface area contributed by atoms with Gasteiger partial charge in [0.1, 0.15) is 12.4 Å². The topological polar surface area (TPSA) is 90.4 Å². The van der Waals surface area contributed by atoms with Gasteiger partial charge in [0.25, 0.3) is 5.91 Å². The molecule has 6 nitrogen and oxygen atoms in total. The molecule has 1 heterocycles. The summed E-state index contributed by atoms with van der Waals surface area (Å²) in [6.07, 6.45) is 1.97. The van der Waals surface area contributed by atoms with E-state index in [1.54, 1.807) is 11.8 Å². The van der Waals surface area contributed by atoms with E-state index in [2.05, 4.69) is 5.16 Å². The highest BCUT2D eigenvalue weighted by atomic mass is 32.2. The molecule has 3 N–H and O–H groups in total. The van der Waals surface area contributed by atoms with Gasteiger partial charge in [0.05, 0.1) is 0 Å². The van der Waals surface area contributed by atoms with Crippen LogP contribution in [0, 0.1) is 0 Å². The molecule has 0 bridgehead atoms. The number of aromatic nitrogens is 1. The number of hydrogen-bond acceptors (Lipinski definition) is 6. The summed E-state index contributed by atoms with van der Waals surface area (Å²) in [6, 6.07) is 9.16. The predicted octanol–water partition coefficient (Wildman–Crippen LogP) is 1.58. The van der Waals surface area contributed by atoms with Gasteiger partial charge in [-0.2, -0.15) is 0 Å². The van der Waals surface area contributed by atoms with E-state index >= 15 is 0 Å². The fourth-order valence-corrected chi connectivity index (χ4v) is 1.99. The van der Waals surface area contributed by atoms with Gasteiger partial charge in [-0.3, -0.25) is 10.2 Å². The molecule has 0 aliphatic heterocycles. The smallest absolute Gasteiger partial charge is 0.287 e. The van der Waals surface area contributed by atoms with E-state index in [0.717, 1.165) is 10.6 Å². The van der Waals surface area contributed by atoms with Gasteiger partial charge in [-0.1, -0.05) is 17.3 Å². The number of carbonyl (C=O) groups excluding carboxylic acids is 1. The zero-order valence-electron chi connectivity index (χ0n) is 10.3. The van der Waals surface area contributed by atoms with Crippen LogP contribution in [0.3, 0.4) is 0 Å². The molecule has 0 radical (unpaired) electrons. The number of para-hydroxylation sites is 1. The average molecular weight is 279 g/mol. The molecule has 2 aromatic rings. The SMILES string of the molecule is CSc1ccccc1OCc1cc(C(=O)NN)no1. The number of ether oxygens (including phenoxy) is 1. The van der Waals surface area contributed by atoms with Gasteiger partial charge < -0.3 is 9.26 Å². The van der Waals surface area contributed by atoms with Crippen LogP contribution < -0.4 is 16.0 Å². The molecule has 0 aliphatic carbocycles. The lowest BCUT2D eigenvalue weighted by Gasteiger charge is -2.07. The summed E-state index contributed by atoms with van der Waals surface area (Å²) in [4.78, 5) is 12.2. The molecule has 0 aliphatic rings. The Morgan fingerprint density at radius 3 is 3.05 bits per heavy atom. The third kappa shape index (κ3) is 3.27. The Bertz CT molecular complexity index is 571. The Hall–Kier alpha value is -1.99. The van der Waals surface area contributed by atoms with Crippen LogP contribution in [0.5, 0.6) is 5.75 Å². The number of hydrogen-bond donors (Lipinski definition) is 2. The number of nitrogens with one attached hydrogen (secondary N) is 1. The van der Waals surface area contributed by atoms with Crippen molar-refractivity contribution < 1.29 is 14.1 Å². The first kappa shape index (κ1) is 13.4. The third-order valence-electron chi connectivity index (χ3n) is 2.36. The van der Waals surface area contributed by atoms with E-state index in [0.29, 0.717) is 5.76 Å². The number of amides is 1. The van der Waals surface area contributed by atoms with Crippen LogP contribution in [-0.4, -0.2) is 17.3 Å². The molecule has 1 aromatic carbocycles. The first-order chi connectivity index (χ1) is 9.24. The lowest BCUT2D eigenvalue weighted by atomic mass is 10.3. The Morgan fingerprint density at radius 1 is 1.53 bits per heavy atom. The van der Waals surface area contributed by atoms with Crippen LogP contribution in [0.2, 0.25) is 0 Å². The summed E-state index contributed by atoms with van der Waals surface area (Å²) in [7, 11) is 0. The average Bonchev–Trinajstić information content (AvgIpc) is 2.93. The van der Waals surface area contributed by atoms with Gasteiger partial charge in [-0.05, 0) is 18.4 Å². The number of hydrazine groups is 1. The Balaban J connectivity index is 2.02. The lowest BCUT2D eigenvalue weighted by molar-refractivity contribution is 0.0944. The number of rotatable bonds is 5. The van der Waals surface area contributed by atoms with Gasteiger partial charge in [0, 0.05) is 11.0 Å². The van der Waals surface area contributed by atoms with E-state index in [1.165, 1.54) is 6.07 Å². The van der Waals surface area contributed by atoms with Crippen molar-refractivity contribution in [2.45, 2.75) is 11.5 Å². The van der Waals surface area contributed by atoms with Gasteiger partial charge in [-0.15, -0.1) is 11.8 Å². The third-order valence-corrected chi connectivity index (χ3v) is 3.14. The van der Waals surface area contributed by atoms with Crippen LogP contribution in [-0.2, 0) is 6.61 Å². The van der Waals surface area contributed by atoms with Crippen molar-refractivity contribution in [3.8, 4) is 5.75 Å². The fourth-order valence-electron chi connectivity index (χ4n) is 1.45. The molecule has 19 heavy (non-hydrogen) atoms. The maximum absolute atomic E-state index is 11.2. The van der Waals surface area contributed by atoms with E-state index in [1.807, 2.05) is 35.9 Å². The maximum atomic E-state index is 11.2. The van der Waals surface area contributed by atoms with Crippen LogP contribution in [0.15, 0.2) is 39.8 Å². The maximum Gasteiger partial charge on any atom is 0.287 e. The van der Waals surface area contributed by atoms with Crippen molar-refractivity contribution in [3.05, 3.63) is 41.8 Å². The van der Waals surface area contributed by atoms with Crippen LogP contribution >= 0.6 is 11.8 Å². The van der Waals surface area contributed by atoms with Crippen molar-refractivity contribution in [1.82, 2.24) is 10.6 Å². The van der Waals surface area contributed by atoms with E-state index in [-0.39, 0.29) is 12.3 Å². The van der Waals surface area contributed by atoms with Crippen molar-refractivity contribution in [3.63, 3.8) is 0 Å². The molecule has 0 saturated carbocycles. The largest absolute Gasteiger partial charge is 0.484 e. The highest BCUT2D eigenvalue weighted by Gasteiger charge is 2.12. The number of nitrogens with two attached hydrogens (primary N) is 1. The van der Waals surface area contributed by atoms with Gasteiger partial charge in [-0.25, -0.2) is 5.84 Å². The molecule has 0 fully saturated rings. The summed E-state index contributed by atoms with van der Waals surface area (Å²) < 4.78 is 10.6. The molecule has 1 aromatic heterocycles. The van der Waals surface area contributed by atoms with Crippen LogP contribution in [0.25, 0.3) is 0 Å². The summed E-state index contributed by atoms with van der Waals surface area (Å²) in [5, 5.41) is 3.59. The van der Waals surface area contributed by atoms with Crippen molar-refractivity contribution in [2.24, 2.45) is 5.84 Å². The molecule has 2 rings (SSSR count). The fraction of sp³-hybridized carbons (Fsp3) is 0.167. The Labute approximate surface area is 114 Å². The van der Waals surface area contributed by atoms with Crippen molar-refractivity contribution in [2.75, 3.05) is 6.26 Å². The van der Waals surface area contributed by atoms with Gasteiger partial charge >= 0.3 is 0 Å². The van der Waals surface area contributed by atoms with Crippen molar-refractivity contribution in [1.29, 1.82) is 0 Å². The monoisotopic (exact) mass is 279 g/mol. The Morgan fingerprint density at radius 2 is 2.32 bits per heavy atom. The van der Waals surface area contributed by atoms with E-state index < -0.39 is 5.91 Å². The number of carbonyl (C=O) groups is 1. The minimum Gasteiger partial charge on any atom is -0.484 e. The highest BCUT2D eigenvalue weighted by molar-refractivity contribution is 7.98. The summed E-state index contributed by atoms with van der Waals surface area (Å²) in [6.45, 7) is 0.197. The van der Waals surface area contributed by atoms with Crippen molar-refractivity contribution >= 4 is 17.7 Å². The number of nitrogens with zero attached hydrogens (tertiary/aromatic N) is 1. The second kappa shape index (κ2) is 6.26. The quantitative estimate of drug-likeness (QED) is 0.374. The van der Waals surface area contributed by atoms with E-state index in [4.69, 9.17) is 15.1 Å². The summed E-state index contributed by atoms with van der Waals surface area (Å²) in [5.41, 5.74) is 2.11. The van der Waals surface area contributed by atoms with Gasteiger partial charge in [0.15, 0.2) is 11.5 Å². The molecule has 0 spiro atoms. The minimum atomic E-state index is -0.500. The molecule has 100 valence electrons. The summed E-state index contributed by atoms with van der Waals surface area (Å²) >= 11 is 1.59. The minimum absolute atomic E-state index is 0.124. The lowest BCUT2D eigenvalue weighted by Crippen LogP contribution is -2.30. The van der Waals surface area contributed by atoms with E-state index in [9.17, 15) is 4.79 Å². The summed E-state index contributed by atoms with van der Waals surface area (Å²) in [5.74, 6) is 5.71. The normalized spacial score (nSPS) is 10.2. The standard InChI is InChI=1S/C12H13N3O3S/c1-19-11-5-3-2-4-10(11)17-7-8-6-9(15-18-8)12(16)14-13/h2-6H,7,13H2,1H3,(H,14,16). The molecule has 1 amide bonds. The molecular formula is C12H13N3O3S. The number of nitrogen functional groups attached to an aromatic ring is 1. The zero-order chi connectivity index (χ0) is 13.7. The van der Waals surface area contributed by atoms with Crippen LogP contribution in [0.1, 0.15) is 16.2 Å². The second-order valence-corrected chi connectivity index (χ2v) is 4.44. The molecule has 7 heteroatoms. The second-order valence-electron chi connectivity index (χ2n) is 3.59. The first-order valence-electron chi connectivity index (χ1n) is 5.47. The van der Waals surface area contributed by atoms with Gasteiger partial charge in [0.2, 0.25) is 0 Å². The predicted molar refractivity (Wildman–Crippen MR) is 70.7 cm³/mol. The zero-order valence-corrected chi connectivity index (χ0v) is 11.1.